The van der Waals surface area contributed by atoms with Crippen LogP contribution < -0.4 is 5.14 Å². The van der Waals surface area contributed by atoms with Crippen molar-refractivity contribution in [2.75, 3.05) is 0 Å². The van der Waals surface area contributed by atoms with Gasteiger partial charge in [-0.15, -0.1) is 10.2 Å². The minimum Gasteiger partial charge on any atom is -0.317 e. The second-order valence-electron chi connectivity index (χ2n) is 3.34. The molecule has 0 spiro atoms. The molecule has 0 aliphatic carbocycles. The van der Waals surface area contributed by atoms with Gasteiger partial charge in [0, 0.05) is 12.6 Å². The predicted octanol–water partition coefficient (Wildman–Crippen LogP) is 0.130. The van der Waals surface area contributed by atoms with E-state index < -0.39 is 10.0 Å². The van der Waals surface area contributed by atoms with Gasteiger partial charge in [0.25, 0.3) is 0 Å². The molecule has 0 bridgehead atoms. The summed E-state index contributed by atoms with van der Waals surface area (Å²) in [5.41, 5.74) is 0.659. The molecule has 0 fully saturated rings. The Morgan fingerprint density at radius 2 is 2.12 bits per heavy atom. The standard InChI is InChI=1S/C9H10N4O2S/c1-13-6-11-12-9(13)7-3-2-4-8(5-7)16(10,14)15/h2-6H,1H3,(H2,10,14,15). The zero-order chi connectivity index (χ0) is 11.8. The van der Waals surface area contributed by atoms with E-state index in [-0.39, 0.29) is 4.90 Å². The van der Waals surface area contributed by atoms with Crippen LogP contribution in [0.3, 0.4) is 0 Å². The van der Waals surface area contributed by atoms with Crippen LogP contribution in [0.2, 0.25) is 0 Å². The van der Waals surface area contributed by atoms with E-state index >= 15 is 0 Å². The number of aromatic nitrogens is 3. The summed E-state index contributed by atoms with van der Waals surface area (Å²) in [6.45, 7) is 0. The monoisotopic (exact) mass is 238 g/mol. The van der Waals surface area contributed by atoms with Gasteiger partial charge in [0.05, 0.1) is 4.90 Å². The second-order valence-corrected chi connectivity index (χ2v) is 4.90. The summed E-state index contributed by atoms with van der Waals surface area (Å²) < 4.78 is 24.0. The summed E-state index contributed by atoms with van der Waals surface area (Å²) in [5.74, 6) is 0.588. The van der Waals surface area contributed by atoms with Gasteiger partial charge in [-0.1, -0.05) is 12.1 Å². The van der Waals surface area contributed by atoms with Gasteiger partial charge in [-0.2, -0.15) is 0 Å². The molecule has 0 atom stereocenters. The van der Waals surface area contributed by atoms with Gasteiger partial charge in [0.1, 0.15) is 6.33 Å². The van der Waals surface area contributed by atoms with Gasteiger partial charge in [-0.25, -0.2) is 13.6 Å². The van der Waals surface area contributed by atoms with Crippen molar-refractivity contribution < 1.29 is 8.42 Å². The van der Waals surface area contributed by atoms with Crippen molar-refractivity contribution in [2.45, 2.75) is 4.90 Å². The zero-order valence-corrected chi connectivity index (χ0v) is 9.35. The van der Waals surface area contributed by atoms with Gasteiger partial charge in [-0.05, 0) is 12.1 Å². The highest BCUT2D eigenvalue weighted by Gasteiger charge is 2.10. The molecule has 0 saturated carbocycles. The van der Waals surface area contributed by atoms with E-state index in [9.17, 15) is 8.42 Å². The van der Waals surface area contributed by atoms with Crippen molar-refractivity contribution in [1.29, 1.82) is 0 Å². The molecule has 0 aliphatic rings. The van der Waals surface area contributed by atoms with Gasteiger partial charge >= 0.3 is 0 Å². The highest BCUT2D eigenvalue weighted by molar-refractivity contribution is 7.89. The molecule has 0 amide bonds. The summed E-state index contributed by atoms with van der Waals surface area (Å²) in [4.78, 5) is 0.0630. The lowest BCUT2D eigenvalue weighted by Gasteiger charge is -2.02. The first kappa shape index (κ1) is 10.8. The van der Waals surface area contributed by atoms with Crippen molar-refractivity contribution in [3.05, 3.63) is 30.6 Å². The van der Waals surface area contributed by atoms with Gasteiger partial charge in [0.15, 0.2) is 5.82 Å². The molecule has 1 heterocycles. The third kappa shape index (κ3) is 1.95. The van der Waals surface area contributed by atoms with Crippen LogP contribution in [-0.2, 0) is 17.1 Å². The largest absolute Gasteiger partial charge is 0.317 e. The fourth-order valence-electron chi connectivity index (χ4n) is 1.36. The number of benzene rings is 1. The van der Waals surface area contributed by atoms with E-state index in [1.807, 2.05) is 0 Å². The van der Waals surface area contributed by atoms with Crippen LogP contribution in [0.15, 0.2) is 35.5 Å². The van der Waals surface area contributed by atoms with E-state index in [2.05, 4.69) is 10.2 Å². The Morgan fingerprint density at radius 3 is 2.69 bits per heavy atom. The molecular weight excluding hydrogens is 228 g/mol. The van der Waals surface area contributed by atoms with E-state index in [1.54, 1.807) is 30.1 Å². The van der Waals surface area contributed by atoms with Crippen LogP contribution in [0, 0.1) is 0 Å². The van der Waals surface area contributed by atoms with E-state index in [0.29, 0.717) is 11.4 Å². The maximum Gasteiger partial charge on any atom is 0.238 e. The first-order valence-corrected chi connectivity index (χ1v) is 6.00. The topological polar surface area (TPSA) is 90.9 Å². The number of rotatable bonds is 2. The van der Waals surface area contributed by atoms with Crippen molar-refractivity contribution in [3.63, 3.8) is 0 Å². The fraction of sp³-hybridized carbons (Fsp3) is 0.111. The average molecular weight is 238 g/mol. The molecule has 6 nitrogen and oxygen atoms in total. The first-order chi connectivity index (χ1) is 7.48. The maximum absolute atomic E-state index is 11.2. The summed E-state index contributed by atoms with van der Waals surface area (Å²) in [6, 6.07) is 6.27. The number of sulfonamides is 1. The van der Waals surface area contributed by atoms with Crippen molar-refractivity contribution in [1.82, 2.24) is 14.8 Å². The quantitative estimate of drug-likeness (QED) is 0.805. The molecule has 2 aromatic rings. The summed E-state index contributed by atoms with van der Waals surface area (Å²) >= 11 is 0. The lowest BCUT2D eigenvalue weighted by molar-refractivity contribution is 0.598. The fourth-order valence-corrected chi connectivity index (χ4v) is 1.92. The maximum atomic E-state index is 11.2. The molecular formula is C9H10N4O2S. The number of nitrogens with two attached hydrogens (primary N) is 1. The smallest absolute Gasteiger partial charge is 0.238 e. The third-order valence-electron chi connectivity index (χ3n) is 2.13. The minimum atomic E-state index is -3.69. The SMILES string of the molecule is Cn1cnnc1-c1cccc(S(N)(=O)=O)c1. The lowest BCUT2D eigenvalue weighted by Crippen LogP contribution is -2.12. The Hall–Kier alpha value is -1.73. The van der Waals surface area contributed by atoms with Crippen molar-refractivity contribution in [2.24, 2.45) is 12.2 Å². The molecule has 0 unspecified atom stereocenters. The normalized spacial score (nSPS) is 11.6. The number of nitrogens with zero attached hydrogens (tertiary/aromatic N) is 3. The Morgan fingerprint density at radius 1 is 1.38 bits per heavy atom. The molecule has 0 saturated heterocycles. The molecule has 16 heavy (non-hydrogen) atoms. The van der Waals surface area contributed by atoms with Crippen molar-refractivity contribution >= 4 is 10.0 Å². The molecule has 0 radical (unpaired) electrons. The van der Waals surface area contributed by atoms with E-state index in [0.717, 1.165) is 0 Å². The Bertz CT molecular complexity index is 618. The molecule has 7 heteroatoms. The molecule has 0 aliphatic heterocycles. The molecule has 2 N–H and O–H groups in total. The number of hydrogen-bond donors (Lipinski definition) is 1. The number of primary sulfonamides is 1. The highest BCUT2D eigenvalue weighted by atomic mass is 32.2. The molecule has 1 aromatic carbocycles. The van der Waals surface area contributed by atoms with Crippen LogP contribution in [0.4, 0.5) is 0 Å². The summed E-state index contributed by atoms with van der Waals surface area (Å²) in [5, 5.41) is 12.7. The van der Waals surface area contributed by atoms with Gasteiger partial charge < -0.3 is 4.57 Å². The molecule has 1 aromatic heterocycles. The number of aryl methyl sites for hydroxylation is 1. The summed E-state index contributed by atoms with van der Waals surface area (Å²) in [6.07, 6.45) is 1.54. The van der Waals surface area contributed by atoms with Crippen LogP contribution in [0.1, 0.15) is 0 Å². The Labute approximate surface area is 92.8 Å². The Kier molecular flexibility index (Phi) is 2.49. The van der Waals surface area contributed by atoms with E-state index in [1.165, 1.54) is 12.1 Å². The van der Waals surface area contributed by atoms with Gasteiger partial charge in [-0.3, -0.25) is 0 Å². The zero-order valence-electron chi connectivity index (χ0n) is 8.53. The van der Waals surface area contributed by atoms with Crippen LogP contribution in [0.5, 0.6) is 0 Å². The predicted molar refractivity (Wildman–Crippen MR) is 57.8 cm³/mol. The minimum absolute atomic E-state index is 0.0630. The van der Waals surface area contributed by atoms with Gasteiger partial charge in [0.2, 0.25) is 10.0 Å². The Balaban J connectivity index is 2.57. The highest BCUT2D eigenvalue weighted by Crippen LogP contribution is 2.18. The average Bonchev–Trinajstić information content (AvgIpc) is 2.63. The summed E-state index contributed by atoms with van der Waals surface area (Å²) in [7, 11) is -1.91. The van der Waals surface area contributed by atoms with Crippen LogP contribution >= 0.6 is 0 Å². The molecule has 2 rings (SSSR count). The van der Waals surface area contributed by atoms with Crippen molar-refractivity contribution in [3.8, 4) is 11.4 Å². The van der Waals surface area contributed by atoms with E-state index in [4.69, 9.17) is 5.14 Å². The lowest BCUT2D eigenvalue weighted by atomic mass is 10.2. The van der Waals surface area contributed by atoms with Crippen LogP contribution in [-0.4, -0.2) is 23.2 Å². The molecule has 84 valence electrons. The number of hydrogen-bond acceptors (Lipinski definition) is 4. The second kappa shape index (κ2) is 3.69. The van der Waals surface area contributed by atoms with Crippen LogP contribution in [0.25, 0.3) is 11.4 Å². The third-order valence-corrected chi connectivity index (χ3v) is 3.04. The first-order valence-electron chi connectivity index (χ1n) is 4.46.